The molecule has 0 aromatic heterocycles. The molecule has 0 aromatic rings. The van der Waals surface area contributed by atoms with Crippen molar-refractivity contribution in [3.05, 3.63) is 25.6 Å². The first-order chi connectivity index (χ1) is 5.02. The van der Waals surface area contributed by atoms with Crippen molar-refractivity contribution in [2.75, 3.05) is 0 Å². The molecule has 0 fully saturated rings. The largest absolute Gasteiger partial charge is 0.250 e. The molecule has 62 valence electrons. The Morgan fingerprint density at radius 3 is 2.09 bits per heavy atom. The second kappa shape index (κ2) is 3.91. The lowest BCUT2D eigenvalue weighted by Gasteiger charge is -2.27. The lowest BCUT2D eigenvalue weighted by molar-refractivity contribution is 0.201. The van der Waals surface area contributed by atoms with E-state index >= 15 is 0 Å². The lowest BCUT2D eigenvalue weighted by atomic mass is 10.1. The highest BCUT2D eigenvalue weighted by molar-refractivity contribution is 4.80. The van der Waals surface area contributed by atoms with Crippen molar-refractivity contribution in [3.8, 4) is 0 Å². The van der Waals surface area contributed by atoms with Crippen LogP contribution in [0.25, 0.3) is 0 Å². The zero-order valence-electron chi connectivity index (χ0n) is 7.41. The number of rotatable bonds is 3. The second-order valence-corrected chi connectivity index (χ2v) is 3.09. The molecular weight excluding hydrogens is 138 g/mol. The third-order valence-corrected chi connectivity index (χ3v) is 1.09. The molecule has 0 aromatic carbocycles. The molecule has 0 spiro atoms. The van der Waals surface area contributed by atoms with Gasteiger partial charge in [-0.2, -0.15) is 0 Å². The Morgan fingerprint density at radius 1 is 1.27 bits per heavy atom. The normalized spacial score (nSPS) is 11.5. The molecule has 0 saturated carbocycles. The van der Waals surface area contributed by atoms with Crippen molar-refractivity contribution in [3.63, 3.8) is 0 Å². The highest BCUT2D eigenvalue weighted by Crippen LogP contribution is 2.13. The maximum Gasteiger partial charge on any atom is 0.0560 e. The smallest absolute Gasteiger partial charge is 0.0560 e. The van der Waals surface area contributed by atoms with E-state index in [1.165, 1.54) is 6.20 Å². The molecule has 0 N–H and O–H groups in total. The summed E-state index contributed by atoms with van der Waals surface area (Å²) >= 11 is 0. The van der Waals surface area contributed by atoms with Crippen molar-refractivity contribution in [2.45, 2.75) is 26.3 Å². The van der Waals surface area contributed by atoms with Gasteiger partial charge in [-0.3, -0.25) is 0 Å². The van der Waals surface area contributed by atoms with Gasteiger partial charge in [-0.1, -0.05) is 18.4 Å². The van der Waals surface area contributed by atoms with E-state index in [0.29, 0.717) is 0 Å². The van der Waals surface area contributed by atoms with Crippen LogP contribution in [-0.2, 0) is 0 Å². The lowest BCUT2D eigenvalue weighted by Crippen LogP contribution is -2.32. The predicted octanol–water partition coefficient (Wildman–Crippen LogP) is 2.74. The Labute approximate surface area is 68.1 Å². The van der Waals surface area contributed by atoms with E-state index in [1.54, 1.807) is 11.2 Å². The molecule has 3 heteroatoms. The van der Waals surface area contributed by atoms with Crippen molar-refractivity contribution in [1.82, 2.24) is 5.01 Å². The fourth-order valence-electron chi connectivity index (χ4n) is 0.537. The summed E-state index contributed by atoms with van der Waals surface area (Å²) in [5.74, 6) is 0. The first-order valence-corrected chi connectivity index (χ1v) is 3.46. The summed E-state index contributed by atoms with van der Waals surface area (Å²) in [6.07, 6.45) is 3.02. The van der Waals surface area contributed by atoms with Gasteiger partial charge < -0.3 is 0 Å². The maximum atomic E-state index is 3.85. The summed E-state index contributed by atoms with van der Waals surface area (Å²) in [6.45, 7) is 13.1. The highest BCUT2D eigenvalue weighted by Gasteiger charge is 2.16. The third-order valence-electron chi connectivity index (χ3n) is 1.09. The van der Waals surface area contributed by atoms with Gasteiger partial charge in [0.1, 0.15) is 0 Å². The van der Waals surface area contributed by atoms with E-state index < -0.39 is 0 Å². The molecule has 0 rings (SSSR count). The van der Waals surface area contributed by atoms with Crippen LogP contribution in [0.15, 0.2) is 35.9 Å². The Morgan fingerprint density at radius 2 is 1.82 bits per heavy atom. The molecule has 0 aliphatic carbocycles. The van der Waals surface area contributed by atoms with Gasteiger partial charge in [0.05, 0.1) is 5.54 Å². The molecule has 0 bridgehead atoms. The standard InChI is InChI=1S/C8H15N3/c1-6-9-10-11(7-2)8(3,4)5/h6-7H,1-2H2,3-5H3/b10-9-. The SMILES string of the molecule is C=C/N=N\N(C=C)C(C)(C)C. The molecule has 0 unspecified atom stereocenters. The van der Waals surface area contributed by atoms with Gasteiger partial charge in [-0.15, -0.1) is 5.11 Å². The summed E-state index contributed by atoms with van der Waals surface area (Å²) in [5, 5.41) is 9.18. The molecule has 0 saturated heterocycles. The summed E-state index contributed by atoms with van der Waals surface area (Å²) in [7, 11) is 0. The molecule has 3 nitrogen and oxygen atoms in total. The second-order valence-electron chi connectivity index (χ2n) is 3.09. The average Bonchev–Trinajstić information content (AvgIpc) is 1.87. The van der Waals surface area contributed by atoms with Gasteiger partial charge in [0.25, 0.3) is 0 Å². The van der Waals surface area contributed by atoms with Crippen LogP contribution in [-0.4, -0.2) is 10.5 Å². The van der Waals surface area contributed by atoms with Crippen LogP contribution in [0.5, 0.6) is 0 Å². The first kappa shape index (κ1) is 9.88. The van der Waals surface area contributed by atoms with Crippen molar-refractivity contribution >= 4 is 0 Å². The molecular formula is C8H15N3. The number of hydrogen-bond donors (Lipinski definition) is 0. The van der Waals surface area contributed by atoms with Gasteiger partial charge in [0.15, 0.2) is 0 Å². The van der Waals surface area contributed by atoms with Crippen LogP contribution < -0.4 is 0 Å². The Balaban J connectivity index is 4.29. The molecule has 0 atom stereocenters. The summed E-state index contributed by atoms with van der Waals surface area (Å²) in [4.78, 5) is 0. The molecule has 0 amide bonds. The summed E-state index contributed by atoms with van der Waals surface area (Å²) < 4.78 is 0. The summed E-state index contributed by atoms with van der Waals surface area (Å²) in [5.41, 5.74) is -0.0751. The first-order valence-electron chi connectivity index (χ1n) is 3.46. The number of hydrogen-bond acceptors (Lipinski definition) is 2. The van der Waals surface area contributed by atoms with Crippen LogP contribution in [0.1, 0.15) is 20.8 Å². The monoisotopic (exact) mass is 153 g/mol. The van der Waals surface area contributed by atoms with Crippen LogP contribution in [0.3, 0.4) is 0 Å². The zero-order chi connectivity index (χ0) is 8.91. The average molecular weight is 153 g/mol. The fraction of sp³-hybridized carbons (Fsp3) is 0.500. The van der Waals surface area contributed by atoms with Crippen LogP contribution in [0.2, 0.25) is 0 Å². The molecule has 11 heavy (non-hydrogen) atoms. The maximum absolute atomic E-state index is 3.85. The van der Waals surface area contributed by atoms with E-state index in [-0.39, 0.29) is 5.54 Å². The van der Waals surface area contributed by atoms with Crippen LogP contribution in [0.4, 0.5) is 0 Å². The minimum absolute atomic E-state index is 0.0751. The fourth-order valence-corrected chi connectivity index (χ4v) is 0.537. The van der Waals surface area contributed by atoms with Crippen molar-refractivity contribution in [1.29, 1.82) is 0 Å². The van der Waals surface area contributed by atoms with Crippen LogP contribution in [0, 0.1) is 0 Å². The Kier molecular flexibility index (Phi) is 3.51. The molecule has 0 radical (unpaired) electrons. The van der Waals surface area contributed by atoms with Gasteiger partial charge >= 0.3 is 0 Å². The van der Waals surface area contributed by atoms with E-state index in [2.05, 4.69) is 23.5 Å². The summed E-state index contributed by atoms with van der Waals surface area (Å²) in [6, 6.07) is 0. The Bertz CT molecular complexity index is 165. The van der Waals surface area contributed by atoms with E-state index in [9.17, 15) is 0 Å². The molecule has 0 aliphatic heterocycles. The van der Waals surface area contributed by atoms with Crippen molar-refractivity contribution < 1.29 is 0 Å². The van der Waals surface area contributed by atoms with Gasteiger partial charge in [-0.25, -0.2) is 5.01 Å². The quantitative estimate of drug-likeness (QED) is 0.452. The Hall–Kier alpha value is -1.12. The van der Waals surface area contributed by atoms with Crippen molar-refractivity contribution in [2.24, 2.45) is 10.3 Å². The predicted molar refractivity (Wildman–Crippen MR) is 46.8 cm³/mol. The molecule has 0 aliphatic rings. The van der Waals surface area contributed by atoms with E-state index in [0.717, 1.165) is 0 Å². The number of nitrogens with zero attached hydrogens (tertiary/aromatic N) is 3. The van der Waals surface area contributed by atoms with Gasteiger partial charge in [-0.05, 0) is 20.8 Å². The minimum atomic E-state index is -0.0751. The minimum Gasteiger partial charge on any atom is -0.250 e. The van der Waals surface area contributed by atoms with Crippen LogP contribution >= 0.6 is 0 Å². The molecule has 0 heterocycles. The van der Waals surface area contributed by atoms with Gasteiger partial charge in [0, 0.05) is 12.4 Å². The zero-order valence-corrected chi connectivity index (χ0v) is 7.41. The third kappa shape index (κ3) is 3.55. The van der Waals surface area contributed by atoms with Gasteiger partial charge in [0.2, 0.25) is 0 Å². The van der Waals surface area contributed by atoms with E-state index in [4.69, 9.17) is 0 Å². The highest BCUT2D eigenvalue weighted by atomic mass is 15.6. The van der Waals surface area contributed by atoms with E-state index in [1.807, 2.05) is 20.8 Å². The topological polar surface area (TPSA) is 28.0 Å².